The first-order valence-electron chi connectivity index (χ1n) is 8.60. The summed E-state index contributed by atoms with van der Waals surface area (Å²) in [6, 6.07) is 2.29. The molecule has 0 aromatic carbocycles. The van der Waals surface area contributed by atoms with Crippen molar-refractivity contribution in [2.75, 3.05) is 16.4 Å². The second-order valence-electron chi connectivity index (χ2n) is 6.86. The number of amides is 1. The highest BCUT2D eigenvalue weighted by atomic mass is 32.2. The van der Waals surface area contributed by atoms with Gasteiger partial charge in [-0.3, -0.25) is 4.79 Å². The van der Waals surface area contributed by atoms with E-state index >= 15 is 0 Å². The Morgan fingerprint density at radius 2 is 1.96 bits per heavy atom. The smallest absolute Gasteiger partial charge is 0.227 e. The lowest BCUT2D eigenvalue weighted by Crippen LogP contribution is -2.43. The molecule has 128 valence electrons. The number of anilines is 1. The number of hydrogen-bond acceptors (Lipinski definition) is 4. The fourth-order valence-electron chi connectivity index (χ4n) is 3.92. The summed E-state index contributed by atoms with van der Waals surface area (Å²) < 4.78 is 23.6. The highest BCUT2D eigenvalue weighted by molar-refractivity contribution is 7.91. The number of rotatable bonds is 4. The van der Waals surface area contributed by atoms with Crippen molar-refractivity contribution in [2.45, 2.75) is 57.4 Å². The Hall–Kier alpha value is -0.880. The van der Waals surface area contributed by atoms with E-state index < -0.39 is 9.84 Å². The zero-order valence-electron chi connectivity index (χ0n) is 13.4. The van der Waals surface area contributed by atoms with Gasteiger partial charge in [-0.25, -0.2) is 8.42 Å². The fraction of sp³-hybridized carbons (Fsp3) is 0.706. The van der Waals surface area contributed by atoms with Crippen LogP contribution in [-0.4, -0.2) is 31.9 Å². The summed E-state index contributed by atoms with van der Waals surface area (Å²) in [4.78, 5) is 14.9. The molecule has 1 saturated carbocycles. The van der Waals surface area contributed by atoms with Gasteiger partial charge in [-0.15, -0.1) is 0 Å². The molecule has 2 fully saturated rings. The van der Waals surface area contributed by atoms with Crippen LogP contribution in [0.15, 0.2) is 16.8 Å². The Bertz CT molecular complexity index is 618. The largest absolute Gasteiger partial charge is 0.309 e. The summed E-state index contributed by atoms with van der Waals surface area (Å²) in [5, 5.41) is 4.04. The third kappa shape index (κ3) is 4.35. The minimum Gasteiger partial charge on any atom is -0.309 e. The van der Waals surface area contributed by atoms with Crippen LogP contribution < -0.4 is 4.90 Å². The van der Waals surface area contributed by atoms with Gasteiger partial charge in [0, 0.05) is 17.8 Å². The third-order valence-corrected chi connectivity index (χ3v) is 7.57. The minimum absolute atomic E-state index is 0.00836. The molecule has 1 aromatic heterocycles. The number of sulfone groups is 1. The molecule has 1 atom stereocenters. The monoisotopic (exact) mass is 355 g/mol. The molecule has 0 N–H and O–H groups in total. The quantitative estimate of drug-likeness (QED) is 0.829. The molecule has 0 radical (unpaired) electrons. The van der Waals surface area contributed by atoms with Gasteiger partial charge in [0.25, 0.3) is 0 Å². The molecule has 1 aromatic rings. The first kappa shape index (κ1) is 17.0. The van der Waals surface area contributed by atoms with Gasteiger partial charge in [0.05, 0.1) is 17.2 Å². The molecule has 3 rings (SSSR count). The second-order valence-corrected chi connectivity index (χ2v) is 9.87. The van der Waals surface area contributed by atoms with Gasteiger partial charge < -0.3 is 4.90 Å². The van der Waals surface area contributed by atoms with Crippen molar-refractivity contribution < 1.29 is 13.2 Å². The van der Waals surface area contributed by atoms with Crippen LogP contribution in [0.1, 0.15) is 51.4 Å². The Morgan fingerprint density at radius 1 is 1.17 bits per heavy atom. The molecular formula is C17H25NO3S2. The van der Waals surface area contributed by atoms with Crippen molar-refractivity contribution in [1.29, 1.82) is 0 Å². The summed E-state index contributed by atoms with van der Waals surface area (Å²) in [7, 11) is -2.95. The van der Waals surface area contributed by atoms with Crippen molar-refractivity contribution in [2.24, 2.45) is 5.92 Å². The third-order valence-electron chi connectivity index (χ3n) is 5.01. The summed E-state index contributed by atoms with van der Waals surface area (Å²) in [5.74, 6) is 0.568. The Kier molecular flexibility index (Phi) is 5.42. The number of hydrogen-bond donors (Lipinski definition) is 0. The van der Waals surface area contributed by atoms with Crippen LogP contribution in [0.3, 0.4) is 0 Å². The van der Waals surface area contributed by atoms with Gasteiger partial charge in [0.2, 0.25) is 5.91 Å². The van der Waals surface area contributed by atoms with Crippen LogP contribution in [0.25, 0.3) is 0 Å². The van der Waals surface area contributed by atoms with Gasteiger partial charge in [-0.1, -0.05) is 19.3 Å². The van der Waals surface area contributed by atoms with Crippen LogP contribution in [-0.2, 0) is 14.6 Å². The highest BCUT2D eigenvalue weighted by Crippen LogP contribution is 2.31. The Labute approximate surface area is 142 Å². The lowest BCUT2D eigenvalue weighted by molar-refractivity contribution is -0.120. The Morgan fingerprint density at radius 3 is 2.61 bits per heavy atom. The predicted molar refractivity (Wildman–Crippen MR) is 94.7 cm³/mol. The molecule has 1 saturated heterocycles. The van der Waals surface area contributed by atoms with E-state index in [1.165, 1.54) is 19.3 Å². The molecule has 23 heavy (non-hydrogen) atoms. The molecular weight excluding hydrogens is 330 g/mol. The molecule has 1 aliphatic carbocycles. The number of nitrogens with zero attached hydrogens (tertiary/aromatic N) is 1. The van der Waals surface area contributed by atoms with Crippen molar-refractivity contribution >= 4 is 32.8 Å². The molecule has 1 unspecified atom stereocenters. The van der Waals surface area contributed by atoms with Crippen molar-refractivity contribution in [3.63, 3.8) is 0 Å². The molecule has 4 nitrogen and oxygen atoms in total. The Balaban J connectivity index is 1.72. The van der Waals surface area contributed by atoms with E-state index in [9.17, 15) is 13.2 Å². The van der Waals surface area contributed by atoms with Crippen LogP contribution in [0.2, 0.25) is 0 Å². The van der Waals surface area contributed by atoms with Gasteiger partial charge in [0.1, 0.15) is 0 Å². The van der Waals surface area contributed by atoms with Gasteiger partial charge in [-0.05, 0) is 43.0 Å². The molecule has 1 amide bonds. The summed E-state index contributed by atoms with van der Waals surface area (Å²) in [6.45, 7) is 0. The molecule has 2 heterocycles. The topological polar surface area (TPSA) is 54.5 Å². The zero-order valence-corrected chi connectivity index (χ0v) is 15.1. The fourth-order valence-corrected chi connectivity index (χ4v) is 6.32. The van der Waals surface area contributed by atoms with E-state index in [1.54, 1.807) is 11.3 Å². The maximum absolute atomic E-state index is 13.0. The normalized spacial score (nSPS) is 25.1. The molecule has 6 heteroatoms. The van der Waals surface area contributed by atoms with Crippen LogP contribution in [0.4, 0.5) is 5.69 Å². The molecule has 2 aliphatic rings. The maximum atomic E-state index is 13.0. The van der Waals surface area contributed by atoms with Crippen molar-refractivity contribution in [3.05, 3.63) is 16.8 Å². The summed E-state index contributed by atoms with van der Waals surface area (Å²) >= 11 is 1.61. The molecule has 1 aliphatic heterocycles. The van der Waals surface area contributed by atoms with E-state index in [-0.39, 0.29) is 29.4 Å². The molecule has 0 bridgehead atoms. The summed E-state index contributed by atoms with van der Waals surface area (Å²) in [5.41, 5.74) is 0.991. The molecule has 0 spiro atoms. The predicted octanol–water partition coefficient (Wildman–Crippen LogP) is 3.63. The average molecular weight is 356 g/mol. The van der Waals surface area contributed by atoms with Crippen LogP contribution in [0, 0.1) is 5.92 Å². The second kappa shape index (κ2) is 7.34. The lowest BCUT2D eigenvalue weighted by Gasteiger charge is -2.35. The average Bonchev–Trinajstić information content (AvgIpc) is 3.01. The van der Waals surface area contributed by atoms with E-state index in [0.717, 1.165) is 24.9 Å². The van der Waals surface area contributed by atoms with E-state index in [1.807, 2.05) is 21.7 Å². The van der Waals surface area contributed by atoms with Crippen LogP contribution >= 0.6 is 11.3 Å². The SMILES string of the molecule is O=C(CC1CCCS(=O)(=O)C1)N(c1ccsc1)C1CCCCC1. The van der Waals surface area contributed by atoms with Crippen molar-refractivity contribution in [1.82, 2.24) is 0 Å². The zero-order chi connectivity index (χ0) is 16.3. The van der Waals surface area contributed by atoms with E-state index in [2.05, 4.69) is 0 Å². The summed E-state index contributed by atoms with van der Waals surface area (Å²) in [6.07, 6.45) is 7.64. The van der Waals surface area contributed by atoms with Gasteiger partial charge >= 0.3 is 0 Å². The van der Waals surface area contributed by atoms with E-state index in [4.69, 9.17) is 0 Å². The van der Waals surface area contributed by atoms with Crippen molar-refractivity contribution in [3.8, 4) is 0 Å². The highest BCUT2D eigenvalue weighted by Gasteiger charge is 2.31. The van der Waals surface area contributed by atoms with E-state index in [0.29, 0.717) is 12.8 Å². The minimum atomic E-state index is -2.95. The number of carbonyl (C=O) groups excluding carboxylic acids is 1. The van der Waals surface area contributed by atoms with Crippen LogP contribution in [0.5, 0.6) is 0 Å². The first-order chi connectivity index (χ1) is 11.1. The standard InChI is InChI=1S/C17H25NO3S2/c19-17(11-14-5-4-10-23(20,21)13-14)18(16-8-9-22-12-16)15-6-2-1-3-7-15/h8-9,12,14-15H,1-7,10-11,13H2. The van der Waals surface area contributed by atoms with Gasteiger partial charge in [-0.2, -0.15) is 11.3 Å². The number of thiophene rings is 1. The number of carbonyl (C=O) groups is 1. The lowest BCUT2D eigenvalue weighted by atomic mass is 9.92. The maximum Gasteiger partial charge on any atom is 0.227 e. The first-order valence-corrected chi connectivity index (χ1v) is 11.4. The van der Waals surface area contributed by atoms with Gasteiger partial charge in [0.15, 0.2) is 9.84 Å².